The summed E-state index contributed by atoms with van der Waals surface area (Å²) < 4.78 is 6.35. The van der Waals surface area contributed by atoms with E-state index in [0.29, 0.717) is 12.3 Å². The molecule has 1 aromatic carbocycles. The van der Waals surface area contributed by atoms with Crippen LogP contribution in [0.15, 0.2) is 46.3 Å². The standard InChI is InChI=1S/C13H12BrNO2S/c14-10-3-5-11(6-4-10)17-9-13(16)15-8-12-2-1-7-18-12/h1-7H,8-9H2,(H,15,16). The second-order valence-corrected chi connectivity index (χ2v) is 5.55. The Morgan fingerprint density at radius 3 is 2.72 bits per heavy atom. The maximum absolute atomic E-state index is 11.5. The van der Waals surface area contributed by atoms with E-state index in [-0.39, 0.29) is 12.5 Å². The van der Waals surface area contributed by atoms with Gasteiger partial charge in [0.1, 0.15) is 5.75 Å². The van der Waals surface area contributed by atoms with Crippen LogP contribution in [0.4, 0.5) is 0 Å². The SMILES string of the molecule is O=C(COc1ccc(Br)cc1)NCc1cccs1. The minimum atomic E-state index is -0.119. The Balaban J connectivity index is 1.73. The van der Waals surface area contributed by atoms with Gasteiger partial charge in [-0.05, 0) is 35.7 Å². The fourth-order valence-corrected chi connectivity index (χ4v) is 2.24. The van der Waals surface area contributed by atoms with Crippen molar-refractivity contribution in [1.29, 1.82) is 0 Å². The number of carbonyl (C=O) groups is 1. The lowest BCUT2D eigenvalue weighted by Gasteiger charge is -2.06. The summed E-state index contributed by atoms with van der Waals surface area (Å²) >= 11 is 4.96. The molecule has 18 heavy (non-hydrogen) atoms. The first-order chi connectivity index (χ1) is 8.74. The number of thiophene rings is 1. The molecule has 0 spiro atoms. The van der Waals surface area contributed by atoms with Crippen LogP contribution in [-0.2, 0) is 11.3 Å². The van der Waals surface area contributed by atoms with Crippen LogP contribution in [0.5, 0.6) is 5.75 Å². The van der Waals surface area contributed by atoms with Crippen molar-refractivity contribution in [2.45, 2.75) is 6.54 Å². The van der Waals surface area contributed by atoms with Gasteiger partial charge in [0.15, 0.2) is 6.61 Å². The van der Waals surface area contributed by atoms with Gasteiger partial charge in [-0.2, -0.15) is 0 Å². The molecule has 1 heterocycles. The topological polar surface area (TPSA) is 38.3 Å². The van der Waals surface area contributed by atoms with E-state index in [1.165, 1.54) is 0 Å². The highest BCUT2D eigenvalue weighted by atomic mass is 79.9. The second kappa shape index (κ2) is 6.56. The molecular weight excluding hydrogens is 314 g/mol. The Bertz CT molecular complexity index is 496. The van der Waals surface area contributed by atoms with E-state index >= 15 is 0 Å². The quantitative estimate of drug-likeness (QED) is 0.916. The Hall–Kier alpha value is -1.33. The van der Waals surface area contributed by atoms with Gasteiger partial charge in [0.05, 0.1) is 6.54 Å². The lowest BCUT2D eigenvalue weighted by molar-refractivity contribution is -0.123. The summed E-state index contributed by atoms with van der Waals surface area (Å²) in [7, 11) is 0. The van der Waals surface area contributed by atoms with Crippen LogP contribution >= 0.6 is 27.3 Å². The number of rotatable bonds is 5. The van der Waals surface area contributed by atoms with Crippen LogP contribution in [0.3, 0.4) is 0 Å². The third kappa shape index (κ3) is 4.16. The van der Waals surface area contributed by atoms with Gasteiger partial charge in [-0.1, -0.05) is 22.0 Å². The summed E-state index contributed by atoms with van der Waals surface area (Å²) in [6.07, 6.45) is 0. The Morgan fingerprint density at radius 1 is 1.28 bits per heavy atom. The molecule has 1 aromatic heterocycles. The fourth-order valence-electron chi connectivity index (χ4n) is 1.33. The van der Waals surface area contributed by atoms with Crippen LogP contribution in [0.25, 0.3) is 0 Å². The maximum atomic E-state index is 11.5. The van der Waals surface area contributed by atoms with E-state index in [0.717, 1.165) is 9.35 Å². The third-order valence-electron chi connectivity index (χ3n) is 2.22. The van der Waals surface area contributed by atoms with Crippen LogP contribution in [0, 0.1) is 0 Å². The molecule has 2 rings (SSSR count). The molecule has 2 aromatic rings. The maximum Gasteiger partial charge on any atom is 0.258 e. The average molecular weight is 326 g/mol. The minimum absolute atomic E-state index is 0.0347. The first kappa shape index (κ1) is 13.1. The molecule has 0 bridgehead atoms. The summed E-state index contributed by atoms with van der Waals surface area (Å²) in [6.45, 7) is 0.590. The van der Waals surface area contributed by atoms with Gasteiger partial charge in [0, 0.05) is 9.35 Å². The molecule has 0 saturated heterocycles. The minimum Gasteiger partial charge on any atom is -0.484 e. The number of nitrogens with one attached hydrogen (secondary N) is 1. The molecule has 0 saturated carbocycles. The van der Waals surface area contributed by atoms with Crippen molar-refractivity contribution in [2.24, 2.45) is 0 Å². The van der Waals surface area contributed by atoms with Crippen molar-refractivity contribution in [3.63, 3.8) is 0 Å². The Kier molecular flexibility index (Phi) is 4.78. The molecule has 5 heteroatoms. The van der Waals surface area contributed by atoms with Crippen molar-refractivity contribution < 1.29 is 9.53 Å². The number of carbonyl (C=O) groups excluding carboxylic acids is 1. The lowest BCUT2D eigenvalue weighted by Crippen LogP contribution is -2.28. The van der Waals surface area contributed by atoms with E-state index in [2.05, 4.69) is 21.2 Å². The van der Waals surface area contributed by atoms with E-state index in [4.69, 9.17) is 4.74 Å². The van der Waals surface area contributed by atoms with Gasteiger partial charge in [-0.25, -0.2) is 0 Å². The zero-order valence-electron chi connectivity index (χ0n) is 9.56. The molecule has 0 radical (unpaired) electrons. The summed E-state index contributed by atoms with van der Waals surface area (Å²) in [5.41, 5.74) is 0. The zero-order valence-corrected chi connectivity index (χ0v) is 12.0. The predicted octanol–water partition coefficient (Wildman–Crippen LogP) is 3.21. The highest BCUT2D eigenvalue weighted by Crippen LogP contribution is 2.15. The van der Waals surface area contributed by atoms with E-state index < -0.39 is 0 Å². The highest BCUT2D eigenvalue weighted by molar-refractivity contribution is 9.10. The van der Waals surface area contributed by atoms with Gasteiger partial charge in [-0.15, -0.1) is 11.3 Å². The molecular formula is C13H12BrNO2S. The number of ether oxygens (including phenoxy) is 1. The molecule has 0 aliphatic rings. The number of hydrogen-bond donors (Lipinski definition) is 1. The van der Waals surface area contributed by atoms with Crippen LogP contribution < -0.4 is 10.1 Å². The summed E-state index contributed by atoms with van der Waals surface area (Å²) in [5, 5.41) is 4.79. The molecule has 94 valence electrons. The number of hydrogen-bond acceptors (Lipinski definition) is 3. The lowest BCUT2D eigenvalue weighted by atomic mass is 10.3. The molecule has 0 aliphatic carbocycles. The molecule has 0 atom stereocenters. The Morgan fingerprint density at radius 2 is 2.06 bits per heavy atom. The number of amides is 1. The van der Waals surface area contributed by atoms with Gasteiger partial charge in [0.2, 0.25) is 0 Å². The summed E-state index contributed by atoms with van der Waals surface area (Å²) in [4.78, 5) is 12.7. The molecule has 3 nitrogen and oxygen atoms in total. The first-order valence-electron chi connectivity index (χ1n) is 5.41. The number of benzene rings is 1. The van der Waals surface area contributed by atoms with Crippen LogP contribution in [-0.4, -0.2) is 12.5 Å². The van der Waals surface area contributed by atoms with Gasteiger partial charge in [0.25, 0.3) is 5.91 Å². The number of halogens is 1. The second-order valence-electron chi connectivity index (χ2n) is 3.60. The molecule has 0 fully saturated rings. The fraction of sp³-hybridized carbons (Fsp3) is 0.154. The predicted molar refractivity (Wildman–Crippen MR) is 75.8 cm³/mol. The molecule has 0 unspecified atom stereocenters. The van der Waals surface area contributed by atoms with Gasteiger partial charge < -0.3 is 10.1 Å². The van der Waals surface area contributed by atoms with Crippen LogP contribution in [0.2, 0.25) is 0 Å². The normalized spacial score (nSPS) is 10.1. The van der Waals surface area contributed by atoms with E-state index in [1.807, 2.05) is 41.8 Å². The largest absolute Gasteiger partial charge is 0.484 e. The van der Waals surface area contributed by atoms with E-state index in [9.17, 15) is 4.79 Å². The van der Waals surface area contributed by atoms with Crippen molar-refractivity contribution in [3.05, 3.63) is 51.1 Å². The third-order valence-corrected chi connectivity index (χ3v) is 3.63. The smallest absolute Gasteiger partial charge is 0.258 e. The van der Waals surface area contributed by atoms with Gasteiger partial charge >= 0.3 is 0 Å². The van der Waals surface area contributed by atoms with Crippen molar-refractivity contribution in [1.82, 2.24) is 5.32 Å². The average Bonchev–Trinajstić information content (AvgIpc) is 2.89. The molecule has 1 N–H and O–H groups in total. The highest BCUT2D eigenvalue weighted by Gasteiger charge is 2.03. The molecule has 0 aliphatic heterocycles. The van der Waals surface area contributed by atoms with Crippen molar-refractivity contribution in [3.8, 4) is 5.75 Å². The monoisotopic (exact) mass is 325 g/mol. The first-order valence-corrected chi connectivity index (χ1v) is 7.09. The molecule has 1 amide bonds. The van der Waals surface area contributed by atoms with Crippen LogP contribution in [0.1, 0.15) is 4.88 Å². The summed E-state index contributed by atoms with van der Waals surface area (Å²) in [5.74, 6) is 0.566. The van der Waals surface area contributed by atoms with Gasteiger partial charge in [-0.3, -0.25) is 4.79 Å². The van der Waals surface area contributed by atoms with Crippen molar-refractivity contribution >= 4 is 33.2 Å². The summed E-state index contributed by atoms with van der Waals surface area (Å²) in [6, 6.07) is 11.3. The zero-order chi connectivity index (χ0) is 12.8. The van der Waals surface area contributed by atoms with Crippen molar-refractivity contribution in [2.75, 3.05) is 6.61 Å². The Labute approximate surface area is 118 Å². The van der Waals surface area contributed by atoms with E-state index in [1.54, 1.807) is 11.3 Å².